The van der Waals surface area contributed by atoms with Crippen LogP contribution in [-0.2, 0) is 9.59 Å². The molecule has 0 saturated heterocycles. The summed E-state index contributed by atoms with van der Waals surface area (Å²) in [4.78, 5) is 24.3. The van der Waals surface area contributed by atoms with E-state index in [9.17, 15) is 14.7 Å². The quantitative estimate of drug-likeness (QED) is 0.355. The first-order valence-electron chi connectivity index (χ1n) is 12.5. The van der Waals surface area contributed by atoms with Gasteiger partial charge in [0.2, 0.25) is 5.91 Å². The Kier molecular flexibility index (Phi) is 7.66. The first-order chi connectivity index (χ1) is 16.2. The Bertz CT molecular complexity index is 1040. The zero-order chi connectivity index (χ0) is 24.4. The molecule has 2 saturated carbocycles. The van der Waals surface area contributed by atoms with Crippen molar-refractivity contribution in [2.75, 3.05) is 5.32 Å². The van der Waals surface area contributed by atoms with Crippen molar-refractivity contribution in [2.24, 2.45) is 11.8 Å². The van der Waals surface area contributed by atoms with E-state index in [0.29, 0.717) is 34.9 Å². The molecular weight excluding hydrogens is 452 g/mol. The Morgan fingerprint density at radius 1 is 1.24 bits per heavy atom. The fourth-order valence-corrected chi connectivity index (χ4v) is 5.57. The first kappa shape index (κ1) is 24.8. The SMILES string of the molecule is Cc1ccc(NC(=O)CC(CCC(=O)O)c2noc(C3CC(CC(C)C)C3)c2C2CC2)c(Cl)c1. The summed E-state index contributed by atoms with van der Waals surface area (Å²) in [5.74, 6) is 1.84. The Balaban J connectivity index is 1.52. The van der Waals surface area contributed by atoms with Crippen LogP contribution in [0.4, 0.5) is 5.69 Å². The van der Waals surface area contributed by atoms with Gasteiger partial charge in [-0.2, -0.15) is 0 Å². The van der Waals surface area contributed by atoms with Gasteiger partial charge >= 0.3 is 5.97 Å². The lowest BCUT2D eigenvalue weighted by Gasteiger charge is -2.35. The number of halogens is 1. The van der Waals surface area contributed by atoms with E-state index in [2.05, 4.69) is 24.3 Å². The predicted molar refractivity (Wildman–Crippen MR) is 132 cm³/mol. The minimum Gasteiger partial charge on any atom is -0.481 e. The van der Waals surface area contributed by atoms with Crippen molar-refractivity contribution < 1.29 is 19.2 Å². The lowest BCUT2D eigenvalue weighted by molar-refractivity contribution is -0.137. The van der Waals surface area contributed by atoms with Crippen LogP contribution >= 0.6 is 11.6 Å². The molecule has 6 nitrogen and oxygen atoms in total. The highest BCUT2D eigenvalue weighted by Crippen LogP contribution is 2.52. The van der Waals surface area contributed by atoms with Crippen LogP contribution in [0.3, 0.4) is 0 Å². The molecule has 34 heavy (non-hydrogen) atoms. The molecule has 2 aromatic rings. The number of carboxylic acids is 1. The number of nitrogens with one attached hydrogen (secondary N) is 1. The van der Waals surface area contributed by atoms with Crippen molar-refractivity contribution in [2.45, 2.75) is 89.9 Å². The van der Waals surface area contributed by atoms with Crippen LogP contribution in [0.1, 0.15) is 106 Å². The number of rotatable bonds is 11. The number of benzene rings is 1. The fraction of sp³-hybridized carbons (Fsp3) is 0.593. The molecule has 0 radical (unpaired) electrons. The summed E-state index contributed by atoms with van der Waals surface area (Å²) in [5.41, 5.74) is 3.52. The third-order valence-corrected chi connectivity index (χ3v) is 7.42. The van der Waals surface area contributed by atoms with Gasteiger partial charge in [-0.15, -0.1) is 0 Å². The van der Waals surface area contributed by atoms with E-state index in [1.807, 2.05) is 13.0 Å². The average Bonchev–Trinajstić information content (AvgIpc) is 3.48. The standard InChI is InChI=1S/C27H35ClN2O4/c1-15(2)10-17-12-20(13-17)27-25(18-5-6-18)26(30-34-27)19(7-9-24(32)33)14-23(31)29-22-8-4-16(3)11-21(22)28/h4,8,11,15,17-20H,5-7,9-10,12-14H2,1-3H3,(H,29,31)(H,32,33). The Morgan fingerprint density at radius 2 is 1.97 bits per heavy atom. The van der Waals surface area contributed by atoms with Gasteiger partial charge in [0.25, 0.3) is 0 Å². The van der Waals surface area contributed by atoms with Crippen LogP contribution in [0.25, 0.3) is 0 Å². The maximum Gasteiger partial charge on any atom is 0.303 e. The molecule has 4 rings (SSSR count). The van der Waals surface area contributed by atoms with Crippen LogP contribution in [0.2, 0.25) is 5.02 Å². The van der Waals surface area contributed by atoms with Crippen LogP contribution in [0, 0.1) is 18.8 Å². The van der Waals surface area contributed by atoms with Gasteiger partial charge in [0.05, 0.1) is 16.4 Å². The predicted octanol–water partition coefficient (Wildman–Crippen LogP) is 7.03. The van der Waals surface area contributed by atoms with Gasteiger partial charge in [0, 0.05) is 30.2 Å². The number of nitrogens with zero attached hydrogens (tertiary/aromatic N) is 1. The van der Waals surface area contributed by atoms with Crippen LogP contribution in [-0.4, -0.2) is 22.1 Å². The van der Waals surface area contributed by atoms with Crippen molar-refractivity contribution in [3.05, 3.63) is 45.8 Å². The van der Waals surface area contributed by atoms with E-state index in [0.717, 1.165) is 54.2 Å². The summed E-state index contributed by atoms with van der Waals surface area (Å²) in [6, 6.07) is 5.48. The lowest BCUT2D eigenvalue weighted by atomic mass is 9.69. The monoisotopic (exact) mass is 486 g/mol. The topological polar surface area (TPSA) is 92.4 Å². The van der Waals surface area contributed by atoms with Crippen molar-refractivity contribution >= 4 is 29.2 Å². The number of carboxylic acid groups (broad SMARTS) is 1. The van der Waals surface area contributed by atoms with Crippen molar-refractivity contribution in [1.29, 1.82) is 0 Å². The molecule has 7 heteroatoms. The van der Waals surface area contributed by atoms with E-state index >= 15 is 0 Å². The summed E-state index contributed by atoms with van der Waals surface area (Å²) < 4.78 is 5.92. The molecule has 2 N–H and O–H groups in total. The molecule has 1 amide bonds. The highest BCUT2D eigenvalue weighted by atomic mass is 35.5. The maximum atomic E-state index is 13.0. The van der Waals surface area contributed by atoms with E-state index in [4.69, 9.17) is 16.1 Å². The summed E-state index contributed by atoms with van der Waals surface area (Å²) in [6.07, 6.45) is 6.15. The fourth-order valence-electron chi connectivity index (χ4n) is 5.28. The molecule has 1 heterocycles. The minimum atomic E-state index is -0.876. The summed E-state index contributed by atoms with van der Waals surface area (Å²) >= 11 is 6.29. The third kappa shape index (κ3) is 6.01. The van der Waals surface area contributed by atoms with E-state index in [1.54, 1.807) is 12.1 Å². The largest absolute Gasteiger partial charge is 0.481 e. The molecule has 184 valence electrons. The van der Waals surface area contributed by atoms with Gasteiger partial charge in [-0.1, -0.05) is 36.7 Å². The Hall–Kier alpha value is -2.34. The number of aryl methyl sites for hydroxylation is 1. The average molecular weight is 487 g/mol. The second kappa shape index (κ2) is 10.5. The van der Waals surface area contributed by atoms with Gasteiger partial charge in [0.15, 0.2) is 0 Å². The number of anilines is 1. The van der Waals surface area contributed by atoms with Gasteiger partial charge in [-0.3, -0.25) is 9.59 Å². The normalized spacial score (nSPS) is 20.7. The molecule has 2 aliphatic carbocycles. The molecule has 1 aromatic carbocycles. The highest BCUT2D eigenvalue weighted by Gasteiger charge is 2.41. The molecule has 0 bridgehead atoms. The van der Waals surface area contributed by atoms with Gasteiger partial charge in [-0.05, 0) is 80.9 Å². The molecule has 0 aliphatic heterocycles. The summed E-state index contributed by atoms with van der Waals surface area (Å²) in [6.45, 7) is 6.46. The van der Waals surface area contributed by atoms with Crippen molar-refractivity contribution in [1.82, 2.24) is 5.16 Å². The number of carbonyl (C=O) groups is 2. The number of hydrogen-bond acceptors (Lipinski definition) is 4. The van der Waals surface area contributed by atoms with Crippen molar-refractivity contribution in [3.8, 4) is 0 Å². The molecule has 2 aliphatic rings. The maximum absolute atomic E-state index is 13.0. The zero-order valence-electron chi connectivity index (χ0n) is 20.3. The Morgan fingerprint density at radius 3 is 2.59 bits per heavy atom. The van der Waals surface area contributed by atoms with E-state index in [1.165, 1.54) is 6.42 Å². The molecule has 0 spiro atoms. The van der Waals surface area contributed by atoms with Crippen LogP contribution in [0.15, 0.2) is 22.7 Å². The number of aliphatic carboxylic acids is 1. The van der Waals surface area contributed by atoms with E-state index < -0.39 is 5.97 Å². The minimum absolute atomic E-state index is 0.0184. The first-order valence-corrected chi connectivity index (χ1v) is 12.9. The second-order valence-corrected chi connectivity index (χ2v) is 11.1. The van der Waals surface area contributed by atoms with Crippen molar-refractivity contribution in [3.63, 3.8) is 0 Å². The highest BCUT2D eigenvalue weighted by molar-refractivity contribution is 6.33. The molecule has 2 fully saturated rings. The molecule has 1 unspecified atom stereocenters. The number of hydrogen-bond donors (Lipinski definition) is 2. The summed E-state index contributed by atoms with van der Waals surface area (Å²) in [7, 11) is 0. The smallest absolute Gasteiger partial charge is 0.303 e. The number of aromatic nitrogens is 1. The van der Waals surface area contributed by atoms with Gasteiger partial charge in [-0.25, -0.2) is 0 Å². The zero-order valence-corrected chi connectivity index (χ0v) is 21.0. The molecular formula is C27H35ClN2O4. The third-order valence-electron chi connectivity index (χ3n) is 7.10. The lowest BCUT2D eigenvalue weighted by Crippen LogP contribution is -2.24. The van der Waals surface area contributed by atoms with Crippen LogP contribution in [0.5, 0.6) is 0 Å². The van der Waals surface area contributed by atoms with Gasteiger partial charge < -0.3 is 14.9 Å². The van der Waals surface area contributed by atoms with Gasteiger partial charge in [0.1, 0.15) is 5.76 Å². The van der Waals surface area contributed by atoms with Crippen LogP contribution < -0.4 is 5.32 Å². The second-order valence-electron chi connectivity index (χ2n) is 10.6. The molecule has 1 aromatic heterocycles. The number of amides is 1. The molecule has 1 atom stereocenters. The Labute approximate surface area is 206 Å². The number of carbonyl (C=O) groups excluding carboxylic acids is 1. The summed E-state index contributed by atoms with van der Waals surface area (Å²) in [5, 5.41) is 17.1. The van der Waals surface area contributed by atoms with E-state index in [-0.39, 0.29) is 24.7 Å².